The number of amides is 1. The number of carbonyl (C=O) groups is 1. The molecule has 4 aromatic rings. The Kier molecular flexibility index (Phi) is 5.50. The number of hydrogen-bond acceptors (Lipinski definition) is 3. The summed E-state index contributed by atoms with van der Waals surface area (Å²) in [6.45, 7) is 2.51. The third kappa shape index (κ3) is 4.23. The van der Waals surface area contributed by atoms with E-state index in [1.807, 2.05) is 66.7 Å². The molecule has 0 saturated carbocycles. The van der Waals surface area contributed by atoms with Crippen molar-refractivity contribution in [1.29, 1.82) is 0 Å². The van der Waals surface area contributed by atoms with Crippen molar-refractivity contribution in [2.45, 2.75) is 19.4 Å². The van der Waals surface area contributed by atoms with Crippen molar-refractivity contribution in [3.05, 3.63) is 90.8 Å². The first-order valence-electron chi connectivity index (χ1n) is 10.9. The summed E-state index contributed by atoms with van der Waals surface area (Å²) in [4.78, 5) is 20.2. The number of aromatic nitrogens is 2. The zero-order valence-corrected chi connectivity index (χ0v) is 17.4. The number of pyridine rings is 1. The van der Waals surface area contributed by atoms with Gasteiger partial charge in [0, 0.05) is 30.5 Å². The molecule has 5 heteroatoms. The van der Waals surface area contributed by atoms with E-state index in [1.54, 1.807) is 0 Å². The van der Waals surface area contributed by atoms with Crippen molar-refractivity contribution in [2.75, 3.05) is 18.4 Å². The molecule has 5 rings (SSSR count). The first kappa shape index (κ1) is 19.5. The van der Waals surface area contributed by atoms with Crippen LogP contribution in [-0.2, 0) is 11.3 Å². The summed E-state index contributed by atoms with van der Waals surface area (Å²) in [6.07, 6.45) is 4.02. The van der Waals surface area contributed by atoms with Crippen LogP contribution in [0.5, 0.6) is 0 Å². The minimum absolute atomic E-state index is 0.00619. The second kappa shape index (κ2) is 8.74. The smallest absolute Gasteiger partial charge is 0.228 e. The van der Waals surface area contributed by atoms with E-state index in [-0.39, 0.29) is 11.8 Å². The summed E-state index contributed by atoms with van der Waals surface area (Å²) in [5.41, 5.74) is 5.12. The number of benzene rings is 2. The van der Waals surface area contributed by atoms with Crippen molar-refractivity contribution >= 4 is 17.2 Å². The molecule has 1 aliphatic heterocycles. The van der Waals surface area contributed by atoms with Crippen LogP contribution in [0.15, 0.2) is 85.1 Å². The summed E-state index contributed by atoms with van der Waals surface area (Å²) < 4.78 is 2.18. The van der Waals surface area contributed by atoms with Crippen molar-refractivity contribution in [3.8, 4) is 11.3 Å². The Balaban J connectivity index is 1.38. The van der Waals surface area contributed by atoms with Crippen molar-refractivity contribution < 1.29 is 4.79 Å². The van der Waals surface area contributed by atoms with Gasteiger partial charge in [0.15, 0.2) is 0 Å². The molecule has 2 aromatic heterocycles. The van der Waals surface area contributed by atoms with Gasteiger partial charge in [0.2, 0.25) is 5.91 Å². The Hall–Kier alpha value is -3.44. The van der Waals surface area contributed by atoms with Gasteiger partial charge in [-0.2, -0.15) is 0 Å². The summed E-state index contributed by atoms with van der Waals surface area (Å²) in [7, 11) is 0. The van der Waals surface area contributed by atoms with Gasteiger partial charge in [-0.1, -0.05) is 54.6 Å². The molecule has 1 aliphatic rings. The van der Waals surface area contributed by atoms with E-state index in [2.05, 4.69) is 32.9 Å². The number of para-hydroxylation sites is 1. The molecule has 1 unspecified atom stereocenters. The molecule has 1 atom stereocenters. The Morgan fingerprint density at radius 2 is 1.71 bits per heavy atom. The highest BCUT2D eigenvalue weighted by atomic mass is 16.1. The predicted octanol–water partition coefficient (Wildman–Crippen LogP) is 4.85. The van der Waals surface area contributed by atoms with Crippen molar-refractivity contribution in [3.63, 3.8) is 0 Å². The Bertz CT molecular complexity index is 1170. The summed E-state index contributed by atoms with van der Waals surface area (Å²) >= 11 is 0. The SMILES string of the molecule is O=C(Nc1ccccc1)C1CCCN(Cc2c(-c3ccccc3)nc3ccccn23)C1. The second-order valence-corrected chi connectivity index (χ2v) is 8.13. The normalized spacial score (nSPS) is 17.0. The second-order valence-electron chi connectivity index (χ2n) is 8.13. The molecule has 3 heterocycles. The third-order valence-electron chi connectivity index (χ3n) is 5.97. The number of rotatable bonds is 5. The molecule has 0 aliphatic carbocycles. The van der Waals surface area contributed by atoms with Crippen LogP contribution in [-0.4, -0.2) is 33.3 Å². The maximum Gasteiger partial charge on any atom is 0.228 e. The lowest BCUT2D eigenvalue weighted by Crippen LogP contribution is -2.40. The molecular weight excluding hydrogens is 384 g/mol. The molecule has 0 bridgehead atoms. The molecule has 1 N–H and O–H groups in total. The van der Waals surface area contributed by atoms with Gasteiger partial charge in [0.25, 0.3) is 0 Å². The third-order valence-corrected chi connectivity index (χ3v) is 5.97. The summed E-state index contributed by atoms with van der Waals surface area (Å²) in [5, 5.41) is 3.07. The molecular formula is C26H26N4O. The van der Waals surface area contributed by atoms with E-state index in [9.17, 15) is 4.79 Å². The minimum Gasteiger partial charge on any atom is -0.326 e. The number of carbonyl (C=O) groups excluding carboxylic acids is 1. The van der Waals surface area contributed by atoms with E-state index in [4.69, 9.17) is 4.98 Å². The maximum atomic E-state index is 12.9. The van der Waals surface area contributed by atoms with Gasteiger partial charge in [-0.05, 0) is 43.7 Å². The topological polar surface area (TPSA) is 49.6 Å². The highest BCUT2D eigenvalue weighted by Crippen LogP contribution is 2.27. The van der Waals surface area contributed by atoms with Crippen LogP contribution in [0.4, 0.5) is 5.69 Å². The van der Waals surface area contributed by atoms with E-state index in [1.165, 1.54) is 5.69 Å². The standard InChI is InChI=1S/C26H26N4O/c31-26(27-22-13-5-2-6-14-22)21-12-9-16-29(18-21)19-23-25(20-10-3-1-4-11-20)28-24-15-7-8-17-30(23)24/h1-8,10-11,13-15,17,21H,9,12,16,18-19H2,(H,27,31). The fraction of sp³-hybridized carbons (Fsp3) is 0.231. The summed E-state index contributed by atoms with van der Waals surface area (Å²) in [6, 6.07) is 26.2. The molecule has 1 fully saturated rings. The lowest BCUT2D eigenvalue weighted by Gasteiger charge is -2.32. The van der Waals surface area contributed by atoms with Crippen LogP contribution < -0.4 is 5.32 Å². The van der Waals surface area contributed by atoms with E-state index < -0.39 is 0 Å². The number of imidazole rings is 1. The average Bonchev–Trinajstić information content (AvgIpc) is 3.19. The van der Waals surface area contributed by atoms with E-state index >= 15 is 0 Å². The van der Waals surface area contributed by atoms with Gasteiger partial charge >= 0.3 is 0 Å². The van der Waals surface area contributed by atoms with Gasteiger partial charge in [-0.3, -0.25) is 9.69 Å². The number of anilines is 1. The van der Waals surface area contributed by atoms with E-state index in [0.29, 0.717) is 0 Å². The maximum absolute atomic E-state index is 12.9. The highest BCUT2D eigenvalue weighted by Gasteiger charge is 2.27. The first-order valence-corrected chi connectivity index (χ1v) is 10.9. The number of nitrogens with zero attached hydrogens (tertiary/aromatic N) is 3. The van der Waals surface area contributed by atoms with Crippen LogP contribution in [0.25, 0.3) is 16.9 Å². The van der Waals surface area contributed by atoms with Crippen LogP contribution in [0.1, 0.15) is 18.5 Å². The Morgan fingerprint density at radius 3 is 2.52 bits per heavy atom. The molecule has 156 valence electrons. The number of piperidine rings is 1. The van der Waals surface area contributed by atoms with Gasteiger partial charge in [-0.25, -0.2) is 4.98 Å². The van der Waals surface area contributed by atoms with Crippen LogP contribution in [0.3, 0.4) is 0 Å². The molecule has 0 radical (unpaired) electrons. The monoisotopic (exact) mass is 410 g/mol. The van der Waals surface area contributed by atoms with Crippen LogP contribution >= 0.6 is 0 Å². The van der Waals surface area contributed by atoms with Crippen molar-refractivity contribution in [1.82, 2.24) is 14.3 Å². The highest BCUT2D eigenvalue weighted by molar-refractivity contribution is 5.92. The minimum atomic E-state index is -0.00619. The number of fused-ring (bicyclic) bond motifs is 1. The van der Waals surface area contributed by atoms with Gasteiger partial charge in [-0.15, -0.1) is 0 Å². The quantitative estimate of drug-likeness (QED) is 0.512. The molecule has 0 spiro atoms. The Morgan fingerprint density at radius 1 is 0.968 bits per heavy atom. The lowest BCUT2D eigenvalue weighted by atomic mass is 9.96. The molecule has 1 saturated heterocycles. The molecule has 5 nitrogen and oxygen atoms in total. The molecule has 31 heavy (non-hydrogen) atoms. The first-order chi connectivity index (χ1) is 15.3. The fourth-order valence-electron chi connectivity index (χ4n) is 4.42. The van der Waals surface area contributed by atoms with Crippen molar-refractivity contribution in [2.24, 2.45) is 5.92 Å². The number of hydrogen-bond donors (Lipinski definition) is 1. The zero-order chi connectivity index (χ0) is 21.0. The fourth-order valence-corrected chi connectivity index (χ4v) is 4.42. The lowest BCUT2D eigenvalue weighted by molar-refractivity contribution is -0.121. The number of likely N-dealkylation sites (tertiary alicyclic amines) is 1. The predicted molar refractivity (Wildman–Crippen MR) is 124 cm³/mol. The van der Waals surface area contributed by atoms with Gasteiger partial charge < -0.3 is 9.72 Å². The Labute approximate surface area is 182 Å². The van der Waals surface area contributed by atoms with E-state index in [0.717, 1.165) is 55.1 Å². The molecule has 1 amide bonds. The largest absolute Gasteiger partial charge is 0.326 e. The average molecular weight is 411 g/mol. The van der Waals surface area contributed by atoms with Gasteiger partial charge in [0.05, 0.1) is 17.3 Å². The number of nitrogens with one attached hydrogen (secondary N) is 1. The van der Waals surface area contributed by atoms with Crippen LogP contribution in [0, 0.1) is 5.92 Å². The van der Waals surface area contributed by atoms with Crippen LogP contribution in [0.2, 0.25) is 0 Å². The van der Waals surface area contributed by atoms with Gasteiger partial charge in [0.1, 0.15) is 5.65 Å². The molecule has 2 aromatic carbocycles. The summed E-state index contributed by atoms with van der Waals surface area (Å²) in [5.74, 6) is 0.102. The zero-order valence-electron chi connectivity index (χ0n) is 17.4.